The first-order valence-electron chi connectivity index (χ1n) is 7.69. The maximum Gasteiger partial charge on any atom is 0.167 e. The Hall–Kier alpha value is -1.45. The van der Waals surface area contributed by atoms with Crippen LogP contribution in [-0.4, -0.2) is 19.2 Å². The molecule has 1 aliphatic heterocycles. The number of piperidine rings is 1. The summed E-state index contributed by atoms with van der Waals surface area (Å²) in [5, 5.41) is 0. The number of nitrogens with zero attached hydrogens (tertiary/aromatic N) is 1. The van der Waals surface area contributed by atoms with E-state index in [1.54, 1.807) is 6.07 Å². The predicted molar refractivity (Wildman–Crippen MR) is 79.7 cm³/mol. The molecule has 0 radical (unpaired) electrons. The first-order valence-corrected chi connectivity index (χ1v) is 7.69. The van der Waals surface area contributed by atoms with Crippen LogP contribution >= 0.6 is 0 Å². The van der Waals surface area contributed by atoms with Gasteiger partial charge in [-0.05, 0) is 38.5 Å². The zero-order valence-electron chi connectivity index (χ0n) is 12.1. The lowest BCUT2D eigenvalue weighted by atomic mass is 9.91. The lowest BCUT2D eigenvalue weighted by molar-refractivity contribution is 0.320. The maximum atomic E-state index is 13.8. The summed E-state index contributed by atoms with van der Waals surface area (Å²) in [6.45, 7) is 3.35. The second kappa shape index (κ2) is 5.51. The largest absolute Gasteiger partial charge is 0.491 e. The Bertz CT molecular complexity index is 492. The third-order valence-corrected chi connectivity index (χ3v) is 4.68. The SMILES string of the molecule is CCOc1cc(N2CCCC3CCCC32)c(N)cc1F. The fraction of sp³-hybridized carbons (Fsp3) is 0.625. The van der Waals surface area contributed by atoms with Gasteiger partial charge in [-0.15, -0.1) is 0 Å². The van der Waals surface area contributed by atoms with Crippen LogP contribution in [0.25, 0.3) is 0 Å². The molecule has 3 nitrogen and oxygen atoms in total. The van der Waals surface area contributed by atoms with Crippen molar-refractivity contribution < 1.29 is 9.13 Å². The van der Waals surface area contributed by atoms with E-state index in [4.69, 9.17) is 10.5 Å². The molecule has 2 N–H and O–H groups in total. The van der Waals surface area contributed by atoms with Crippen LogP contribution in [0.5, 0.6) is 5.75 Å². The van der Waals surface area contributed by atoms with Crippen LogP contribution in [-0.2, 0) is 0 Å². The number of fused-ring (bicyclic) bond motifs is 1. The van der Waals surface area contributed by atoms with Gasteiger partial charge in [-0.3, -0.25) is 0 Å². The molecule has 1 aromatic carbocycles. The van der Waals surface area contributed by atoms with Gasteiger partial charge in [0.15, 0.2) is 11.6 Å². The first kappa shape index (κ1) is 13.5. The molecule has 1 saturated carbocycles. The normalized spacial score (nSPS) is 25.6. The van der Waals surface area contributed by atoms with Crippen molar-refractivity contribution in [3.8, 4) is 5.75 Å². The average molecular weight is 278 g/mol. The van der Waals surface area contributed by atoms with E-state index in [0.29, 0.717) is 24.1 Å². The molecule has 1 aliphatic carbocycles. The van der Waals surface area contributed by atoms with Crippen molar-refractivity contribution in [2.45, 2.75) is 45.1 Å². The average Bonchev–Trinajstić information content (AvgIpc) is 2.90. The Morgan fingerprint density at radius 3 is 2.90 bits per heavy atom. The van der Waals surface area contributed by atoms with Crippen molar-refractivity contribution in [1.82, 2.24) is 0 Å². The van der Waals surface area contributed by atoms with Crippen molar-refractivity contribution in [3.05, 3.63) is 17.9 Å². The van der Waals surface area contributed by atoms with Crippen molar-refractivity contribution in [3.63, 3.8) is 0 Å². The molecule has 2 fully saturated rings. The molecule has 110 valence electrons. The number of hydrogen-bond donors (Lipinski definition) is 1. The number of nitrogens with two attached hydrogens (primary N) is 1. The van der Waals surface area contributed by atoms with Crippen molar-refractivity contribution in [2.75, 3.05) is 23.8 Å². The molecule has 2 aliphatic rings. The summed E-state index contributed by atoms with van der Waals surface area (Å²) in [4.78, 5) is 2.39. The highest BCUT2D eigenvalue weighted by atomic mass is 19.1. The van der Waals surface area contributed by atoms with E-state index in [0.717, 1.165) is 18.2 Å². The van der Waals surface area contributed by atoms with E-state index in [-0.39, 0.29) is 5.82 Å². The fourth-order valence-electron chi connectivity index (χ4n) is 3.83. The van der Waals surface area contributed by atoms with Crippen LogP contribution in [0, 0.1) is 11.7 Å². The lowest BCUT2D eigenvalue weighted by Gasteiger charge is -2.40. The van der Waals surface area contributed by atoms with Crippen LogP contribution in [0.1, 0.15) is 39.0 Å². The molecule has 2 unspecified atom stereocenters. The van der Waals surface area contributed by atoms with E-state index in [9.17, 15) is 4.39 Å². The van der Waals surface area contributed by atoms with Gasteiger partial charge in [-0.25, -0.2) is 4.39 Å². The highest BCUT2D eigenvalue weighted by molar-refractivity contribution is 5.70. The van der Waals surface area contributed by atoms with Gasteiger partial charge < -0.3 is 15.4 Å². The molecule has 1 heterocycles. The molecule has 2 atom stereocenters. The number of anilines is 2. The summed E-state index contributed by atoms with van der Waals surface area (Å²) < 4.78 is 19.2. The third kappa shape index (κ3) is 2.32. The number of hydrogen-bond acceptors (Lipinski definition) is 3. The smallest absolute Gasteiger partial charge is 0.167 e. The van der Waals surface area contributed by atoms with Gasteiger partial charge in [-0.2, -0.15) is 0 Å². The van der Waals surface area contributed by atoms with E-state index in [1.807, 2.05) is 6.92 Å². The minimum Gasteiger partial charge on any atom is -0.491 e. The highest BCUT2D eigenvalue weighted by Gasteiger charge is 2.35. The highest BCUT2D eigenvalue weighted by Crippen LogP contribution is 2.42. The zero-order chi connectivity index (χ0) is 14.1. The number of halogens is 1. The number of ether oxygens (including phenoxy) is 1. The molecule has 0 bridgehead atoms. The predicted octanol–water partition coefficient (Wildman–Crippen LogP) is 3.58. The van der Waals surface area contributed by atoms with E-state index < -0.39 is 0 Å². The second-order valence-electron chi connectivity index (χ2n) is 5.87. The van der Waals surface area contributed by atoms with Crippen molar-refractivity contribution in [2.24, 2.45) is 5.92 Å². The molecule has 20 heavy (non-hydrogen) atoms. The number of benzene rings is 1. The van der Waals surface area contributed by atoms with Gasteiger partial charge in [0.05, 0.1) is 18.0 Å². The zero-order valence-corrected chi connectivity index (χ0v) is 12.1. The minimum absolute atomic E-state index is 0.317. The summed E-state index contributed by atoms with van der Waals surface area (Å²) in [6, 6.07) is 3.76. The molecular weight excluding hydrogens is 255 g/mol. The molecular formula is C16H23FN2O. The number of rotatable bonds is 3. The van der Waals surface area contributed by atoms with Crippen molar-refractivity contribution in [1.29, 1.82) is 0 Å². The molecule has 0 amide bonds. The standard InChI is InChI=1S/C16H23FN2O/c1-2-20-16-10-15(13(18)9-12(16)17)19-8-4-6-11-5-3-7-14(11)19/h9-11,14H,2-8,18H2,1H3. The molecule has 0 aromatic heterocycles. The Morgan fingerprint density at radius 1 is 1.30 bits per heavy atom. The topological polar surface area (TPSA) is 38.5 Å². The number of nitrogen functional groups attached to an aromatic ring is 1. The molecule has 3 rings (SSSR count). The fourth-order valence-corrected chi connectivity index (χ4v) is 3.83. The first-order chi connectivity index (χ1) is 9.70. The Labute approximate surface area is 119 Å². The van der Waals surface area contributed by atoms with Crippen LogP contribution in [0.4, 0.5) is 15.8 Å². The summed E-state index contributed by atoms with van der Waals surface area (Å²) in [7, 11) is 0. The second-order valence-corrected chi connectivity index (χ2v) is 5.87. The van der Waals surface area contributed by atoms with Crippen LogP contribution in [0.3, 0.4) is 0 Å². The lowest BCUT2D eigenvalue weighted by Crippen LogP contribution is -2.43. The molecule has 1 aromatic rings. The van der Waals surface area contributed by atoms with E-state index in [2.05, 4.69) is 4.90 Å². The van der Waals surface area contributed by atoms with Crippen molar-refractivity contribution >= 4 is 11.4 Å². The van der Waals surface area contributed by atoms with E-state index >= 15 is 0 Å². The van der Waals surface area contributed by atoms with Gasteiger partial charge in [0.1, 0.15) is 0 Å². The Kier molecular flexibility index (Phi) is 3.72. The van der Waals surface area contributed by atoms with Gasteiger partial charge in [-0.1, -0.05) is 6.42 Å². The maximum absolute atomic E-state index is 13.8. The minimum atomic E-state index is -0.368. The van der Waals surface area contributed by atoms with Crippen LogP contribution in [0.15, 0.2) is 12.1 Å². The van der Waals surface area contributed by atoms with Crippen LogP contribution < -0.4 is 15.4 Å². The van der Waals surface area contributed by atoms with E-state index in [1.165, 1.54) is 38.2 Å². The molecule has 0 spiro atoms. The quantitative estimate of drug-likeness (QED) is 0.859. The monoisotopic (exact) mass is 278 g/mol. The molecule has 4 heteroatoms. The van der Waals surface area contributed by atoms with Gasteiger partial charge >= 0.3 is 0 Å². The summed E-state index contributed by atoms with van der Waals surface area (Å²) in [5.41, 5.74) is 7.54. The van der Waals surface area contributed by atoms with Gasteiger partial charge in [0.2, 0.25) is 0 Å². The summed E-state index contributed by atoms with van der Waals surface area (Å²) >= 11 is 0. The van der Waals surface area contributed by atoms with Gasteiger partial charge in [0.25, 0.3) is 0 Å². The molecule has 1 saturated heterocycles. The Morgan fingerprint density at radius 2 is 2.10 bits per heavy atom. The van der Waals surface area contributed by atoms with Crippen LogP contribution in [0.2, 0.25) is 0 Å². The van der Waals surface area contributed by atoms with Gasteiger partial charge in [0, 0.05) is 24.7 Å². The summed E-state index contributed by atoms with van der Waals surface area (Å²) in [6.07, 6.45) is 6.36. The summed E-state index contributed by atoms with van der Waals surface area (Å²) in [5.74, 6) is 0.730. The third-order valence-electron chi connectivity index (χ3n) is 4.68. The Balaban J connectivity index is 1.93.